The van der Waals surface area contributed by atoms with Crippen molar-refractivity contribution in [3.8, 4) is 0 Å². The number of rotatable bonds is 8. The second-order valence-corrected chi connectivity index (χ2v) is 5.99. The molecule has 3 rings (SSSR count). The SMILES string of the molecule is CCn1ncc(Cn2cc(NC(=O)CCn3ccc([N+](=O)[O-])n3)cn2)c1C. The van der Waals surface area contributed by atoms with E-state index in [2.05, 4.69) is 20.6 Å². The van der Waals surface area contributed by atoms with Crippen LogP contribution in [-0.2, 0) is 24.4 Å². The van der Waals surface area contributed by atoms with E-state index in [0.29, 0.717) is 12.2 Å². The smallest absolute Gasteiger partial charge is 0.358 e. The van der Waals surface area contributed by atoms with E-state index in [4.69, 9.17) is 0 Å². The molecule has 142 valence electrons. The second kappa shape index (κ2) is 7.81. The average Bonchev–Trinajstić information content (AvgIpc) is 3.35. The molecule has 0 spiro atoms. The third-order valence-corrected chi connectivity index (χ3v) is 4.14. The van der Waals surface area contributed by atoms with E-state index in [1.165, 1.54) is 16.9 Å². The van der Waals surface area contributed by atoms with Gasteiger partial charge in [-0.25, -0.2) is 0 Å². The lowest BCUT2D eigenvalue weighted by atomic mass is 10.2. The third-order valence-electron chi connectivity index (χ3n) is 4.14. The molecule has 1 N–H and O–H groups in total. The zero-order chi connectivity index (χ0) is 19.4. The molecule has 0 aliphatic carbocycles. The predicted molar refractivity (Wildman–Crippen MR) is 96.1 cm³/mol. The van der Waals surface area contributed by atoms with Crippen LogP contribution in [0.1, 0.15) is 24.6 Å². The summed E-state index contributed by atoms with van der Waals surface area (Å²) in [4.78, 5) is 22.1. The number of carbonyl (C=O) groups is 1. The lowest BCUT2D eigenvalue weighted by Gasteiger charge is -2.03. The second-order valence-electron chi connectivity index (χ2n) is 5.99. The molecule has 0 unspecified atom stereocenters. The van der Waals surface area contributed by atoms with Crippen molar-refractivity contribution in [2.24, 2.45) is 0 Å². The molecule has 0 radical (unpaired) electrons. The fourth-order valence-corrected chi connectivity index (χ4v) is 2.66. The van der Waals surface area contributed by atoms with Gasteiger partial charge in [0.2, 0.25) is 5.91 Å². The molecule has 0 aliphatic rings. The third kappa shape index (κ3) is 4.37. The molecule has 3 heterocycles. The first-order chi connectivity index (χ1) is 13.0. The number of amides is 1. The summed E-state index contributed by atoms with van der Waals surface area (Å²) in [5.41, 5.74) is 2.75. The van der Waals surface area contributed by atoms with E-state index in [-0.39, 0.29) is 24.7 Å². The van der Waals surface area contributed by atoms with Crippen LogP contribution < -0.4 is 5.32 Å². The Balaban J connectivity index is 1.52. The van der Waals surface area contributed by atoms with Crippen LogP contribution in [0.3, 0.4) is 0 Å². The highest BCUT2D eigenvalue weighted by Crippen LogP contribution is 2.12. The molecule has 0 aromatic carbocycles. The van der Waals surface area contributed by atoms with Crippen LogP contribution in [0.25, 0.3) is 0 Å². The minimum atomic E-state index is -0.573. The number of hydrogen-bond donors (Lipinski definition) is 1. The Kier molecular flexibility index (Phi) is 5.29. The summed E-state index contributed by atoms with van der Waals surface area (Å²) in [6, 6.07) is 1.30. The van der Waals surface area contributed by atoms with Crippen molar-refractivity contribution in [1.29, 1.82) is 0 Å². The molecule has 0 saturated heterocycles. The van der Waals surface area contributed by atoms with Crippen molar-refractivity contribution >= 4 is 17.4 Å². The van der Waals surface area contributed by atoms with Crippen LogP contribution in [-0.4, -0.2) is 40.2 Å². The number of carbonyl (C=O) groups excluding carboxylic acids is 1. The lowest BCUT2D eigenvalue weighted by molar-refractivity contribution is -0.389. The van der Waals surface area contributed by atoms with Crippen molar-refractivity contribution in [3.05, 3.63) is 52.2 Å². The highest BCUT2D eigenvalue weighted by Gasteiger charge is 2.12. The van der Waals surface area contributed by atoms with Crippen LogP contribution in [0.2, 0.25) is 0 Å². The van der Waals surface area contributed by atoms with E-state index in [1.807, 2.05) is 24.7 Å². The van der Waals surface area contributed by atoms with Crippen LogP contribution in [0.15, 0.2) is 30.9 Å². The maximum atomic E-state index is 12.1. The summed E-state index contributed by atoms with van der Waals surface area (Å²) in [5.74, 6) is -0.457. The lowest BCUT2D eigenvalue weighted by Crippen LogP contribution is -2.14. The highest BCUT2D eigenvalue weighted by atomic mass is 16.6. The van der Waals surface area contributed by atoms with Gasteiger partial charge in [-0.2, -0.15) is 14.9 Å². The average molecular weight is 372 g/mol. The predicted octanol–water partition coefficient (Wildman–Crippen LogP) is 1.59. The molecule has 1 amide bonds. The minimum absolute atomic E-state index is 0.145. The summed E-state index contributed by atoms with van der Waals surface area (Å²) < 4.78 is 5.02. The Morgan fingerprint density at radius 3 is 2.78 bits per heavy atom. The van der Waals surface area contributed by atoms with Crippen molar-refractivity contribution in [2.75, 3.05) is 5.32 Å². The van der Waals surface area contributed by atoms with E-state index < -0.39 is 4.92 Å². The van der Waals surface area contributed by atoms with Gasteiger partial charge in [-0.3, -0.25) is 14.2 Å². The van der Waals surface area contributed by atoms with E-state index in [9.17, 15) is 14.9 Å². The zero-order valence-corrected chi connectivity index (χ0v) is 15.1. The molecular formula is C16H20N8O3. The molecule has 27 heavy (non-hydrogen) atoms. The van der Waals surface area contributed by atoms with Gasteiger partial charge >= 0.3 is 5.82 Å². The Bertz CT molecular complexity index is 955. The van der Waals surface area contributed by atoms with Gasteiger partial charge in [0.15, 0.2) is 0 Å². The molecule has 11 nitrogen and oxygen atoms in total. The Labute approximate surface area is 154 Å². The molecule has 0 aliphatic heterocycles. The number of nitrogens with zero attached hydrogens (tertiary/aromatic N) is 7. The number of hydrogen-bond acceptors (Lipinski definition) is 6. The Hall–Kier alpha value is -3.50. The van der Waals surface area contributed by atoms with Gasteiger partial charge in [0.25, 0.3) is 0 Å². The quantitative estimate of drug-likeness (QED) is 0.473. The van der Waals surface area contributed by atoms with Crippen LogP contribution in [0, 0.1) is 17.0 Å². The van der Waals surface area contributed by atoms with Gasteiger partial charge in [-0.15, -0.1) is 0 Å². The van der Waals surface area contributed by atoms with E-state index in [1.54, 1.807) is 17.1 Å². The molecule has 0 bridgehead atoms. The normalized spacial score (nSPS) is 10.9. The molecule has 3 aromatic rings. The first kappa shape index (κ1) is 18.3. The number of nitrogens with one attached hydrogen (secondary N) is 1. The summed E-state index contributed by atoms with van der Waals surface area (Å²) in [6.45, 7) is 5.68. The fourth-order valence-electron chi connectivity index (χ4n) is 2.66. The summed E-state index contributed by atoms with van der Waals surface area (Å²) in [7, 11) is 0. The summed E-state index contributed by atoms with van der Waals surface area (Å²) in [5, 5.41) is 25.7. The van der Waals surface area contributed by atoms with Gasteiger partial charge < -0.3 is 15.4 Å². The molecular weight excluding hydrogens is 352 g/mol. The largest absolute Gasteiger partial charge is 0.389 e. The molecule has 0 fully saturated rings. The molecule has 11 heteroatoms. The number of anilines is 1. The van der Waals surface area contributed by atoms with Gasteiger partial charge in [-0.1, -0.05) is 0 Å². The first-order valence-electron chi connectivity index (χ1n) is 8.47. The Morgan fingerprint density at radius 1 is 1.30 bits per heavy atom. The molecule has 0 atom stereocenters. The van der Waals surface area contributed by atoms with Crippen molar-refractivity contribution < 1.29 is 9.72 Å². The fraction of sp³-hybridized carbons (Fsp3) is 0.375. The van der Waals surface area contributed by atoms with Crippen LogP contribution in [0.5, 0.6) is 0 Å². The number of aryl methyl sites for hydroxylation is 2. The van der Waals surface area contributed by atoms with Crippen molar-refractivity contribution in [1.82, 2.24) is 29.3 Å². The van der Waals surface area contributed by atoms with Gasteiger partial charge in [0.1, 0.15) is 0 Å². The Morgan fingerprint density at radius 2 is 2.11 bits per heavy atom. The maximum absolute atomic E-state index is 12.1. The molecule has 0 saturated carbocycles. The van der Waals surface area contributed by atoms with Crippen LogP contribution in [0.4, 0.5) is 11.5 Å². The monoisotopic (exact) mass is 372 g/mol. The van der Waals surface area contributed by atoms with E-state index >= 15 is 0 Å². The highest BCUT2D eigenvalue weighted by molar-refractivity contribution is 5.90. The standard InChI is InChI=1S/C16H20N8O3/c1-3-23-12(2)13(8-18-23)10-22-11-14(9-17-22)19-16(25)5-7-21-6-4-15(20-21)24(26)27/h4,6,8-9,11H,3,5,7,10H2,1-2H3,(H,19,25). The number of aromatic nitrogens is 6. The maximum Gasteiger partial charge on any atom is 0.389 e. The topological polar surface area (TPSA) is 126 Å². The van der Waals surface area contributed by atoms with Gasteiger partial charge in [0.05, 0.1) is 48.5 Å². The van der Waals surface area contributed by atoms with Crippen molar-refractivity contribution in [3.63, 3.8) is 0 Å². The first-order valence-corrected chi connectivity index (χ1v) is 8.47. The van der Waals surface area contributed by atoms with Gasteiger partial charge in [-0.05, 0) is 18.8 Å². The zero-order valence-electron chi connectivity index (χ0n) is 15.1. The van der Waals surface area contributed by atoms with E-state index in [0.717, 1.165) is 17.8 Å². The van der Waals surface area contributed by atoms with Crippen LogP contribution >= 0.6 is 0 Å². The molecule has 3 aromatic heterocycles. The van der Waals surface area contributed by atoms with Gasteiger partial charge in [0, 0.05) is 30.4 Å². The minimum Gasteiger partial charge on any atom is -0.358 e. The summed E-state index contributed by atoms with van der Waals surface area (Å²) >= 11 is 0. The summed E-state index contributed by atoms with van der Waals surface area (Å²) in [6.07, 6.45) is 6.77. The van der Waals surface area contributed by atoms with Crippen molar-refractivity contribution in [2.45, 2.75) is 39.9 Å². The number of nitro groups is 1.